The topological polar surface area (TPSA) is 60.9 Å². The van der Waals surface area contributed by atoms with E-state index in [1.165, 1.54) is 4.57 Å². The van der Waals surface area contributed by atoms with Gasteiger partial charge in [0.2, 0.25) is 0 Å². The average molecular weight is 251 g/mol. The molecule has 2 N–H and O–H groups in total. The molecule has 0 spiro atoms. The summed E-state index contributed by atoms with van der Waals surface area (Å²) >= 11 is 0. The standard InChI is InChI=1S/C15H13N3O/c16-14-12-8-4-5-9-13(12)17-15(19)18(14)10-11-6-2-1-3-7-11/h1-9H,10,16H2. The van der Waals surface area contributed by atoms with Crippen molar-refractivity contribution in [2.24, 2.45) is 0 Å². The number of fused-ring (bicyclic) bond motifs is 1. The van der Waals surface area contributed by atoms with E-state index >= 15 is 0 Å². The fourth-order valence-electron chi connectivity index (χ4n) is 2.12. The number of hydrogen-bond acceptors (Lipinski definition) is 3. The van der Waals surface area contributed by atoms with Gasteiger partial charge in [0.15, 0.2) is 0 Å². The Labute approximate surface area is 110 Å². The molecular formula is C15H13N3O. The van der Waals surface area contributed by atoms with Crippen LogP contribution >= 0.6 is 0 Å². The zero-order valence-corrected chi connectivity index (χ0v) is 10.3. The Morgan fingerprint density at radius 2 is 1.68 bits per heavy atom. The maximum Gasteiger partial charge on any atom is 0.350 e. The second-order valence-electron chi connectivity index (χ2n) is 4.37. The van der Waals surface area contributed by atoms with Crippen LogP contribution in [0.2, 0.25) is 0 Å². The Kier molecular flexibility index (Phi) is 2.76. The number of para-hydroxylation sites is 1. The predicted molar refractivity (Wildman–Crippen MR) is 76.0 cm³/mol. The lowest BCUT2D eigenvalue weighted by Crippen LogP contribution is -2.26. The van der Waals surface area contributed by atoms with Crippen LogP contribution in [0.1, 0.15) is 5.56 Å². The van der Waals surface area contributed by atoms with E-state index in [2.05, 4.69) is 4.98 Å². The Balaban J connectivity index is 2.16. The van der Waals surface area contributed by atoms with Gasteiger partial charge < -0.3 is 5.73 Å². The van der Waals surface area contributed by atoms with Crippen LogP contribution in [0.4, 0.5) is 5.82 Å². The van der Waals surface area contributed by atoms with Crippen molar-refractivity contribution in [1.29, 1.82) is 0 Å². The fourth-order valence-corrected chi connectivity index (χ4v) is 2.12. The molecule has 3 rings (SSSR count). The van der Waals surface area contributed by atoms with Gasteiger partial charge in [-0.15, -0.1) is 0 Å². The van der Waals surface area contributed by atoms with Gasteiger partial charge in [0.25, 0.3) is 0 Å². The molecule has 4 nitrogen and oxygen atoms in total. The highest BCUT2D eigenvalue weighted by Crippen LogP contribution is 2.17. The number of benzene rings is 2. The Bertz CT molecular complexity index is 778. The number of rotatable bonds is 2. The maximum atomic E-state index is 12.0. The highest BCUT2D eigenvalue weighted by Gasteiger charge is 2.08. The smallest absolute Gasteiger partial charge is 0.350 e. The summed E-state index contributed by atoms with van der Waals surface area (Å²) < 4.78 is 1.50. The van der Waals surface area contributed by atoms with Crippen LogP contribution in [-0.2, 0) is 6.54 Å². The maximum absolute atomic E-state index is 12.0. The second-order valence-corrected chi connectivity index (χ2v) is 4.37. The summed E-state index contributed by atoms with van der Waals surface area (Å²) in [6.07, 6.45) is 0. The van der Waals surface area contributed by atoms with Gasteiger partial charge in [-0.25, -0.2) is 4.79 Å². The fraction of sp³-hybridized carbons (Fsp3) is 0.0667. The Morgan fingerprint density at radius 1 is 1.00 bits per heavy atom. The van der Waals surface area contributed by atoms with Crippen LogP contribution in [0, 0.1) is 0 Å². The lowest BCUT2D eigenvalue weighted by Gasteiger charge is -2.11. The molecule has 4 heteroatoms. The number of hydrogen-bond donors (Lipinski definition) is 1. The van der Waals surface area contributed by atoms with Gasteiger partial charge in [-0.2, -0.15) is 4.98 Å². The molecule has 19 heavy (non-hydrogen) atoms. The highest BCUT2D eigenvalue weighted by molar-refractivity contribution is 5.87. The van der Waals surface area contributed by atoms with E-state index in [1.807, 2.05) is 48.5 Å². The summed E-state index contributed by atoms with van der Waals surface area (Å²) in [6, 6.07) is 17.1. The minimum absolute atomic E-state index is 0.319. The molecule has 0 fully saturated rings. The molecule has 0 bridgehead atoms. The van der Waals surface area contributed by atoms with E-state index < -0.39 is 0 Å². The summed E-state index contributed by atoms with van der Waals surface area (Å²) in [5.41, 5.74) is 7.43. The third kappa shape index (κ3) is 2.08. The van der Waals surface area contributed by atoms with Crippen molar-refractivity contribution in [3.8, 4) is 0 Å². The first-order chi connectivity index (χ1) is 9.25. The predicted octanol–water partition coefficient (Wildman–Crippen LogP) is 2.03. The Morgan fingerprint density at radius 3 is 2.47 bits per heavy atom. The van der Waals surface area contributed by atoms with E-state index in [0.717, 1.165) is 10.9 Å². The van der Waals surface area contributed by atoms with Crippen LogP contribution in [0.15, 0.2) is 59.4 Å². The molecule has 1 aromatic heterocycles. The van der Waals surface area contributed by atoms with Crippen molar-refractivity contribution in [3.63, 3.8) is 0 Å². The molecule has 0 amide bonds. The van der Waals surface area contributed by atoms with Crippen LogP contribution in [0.5, 0.6) is 0 Å². The molecule has 94 valence electrons. The number of aromatic nitrogens is 2. The Hall–Kier alpha value is -2.62. The molecule has 0 atom stereocenters. The van der Waals surface area contributed by atoms with Crippen molar-refractivity contribution >= 4 is 16.7 Å². The van der Waals surface area contributed by atoms with Gasteiger partial charge >= 0.3 is 5.69 Å². The van der Waals surface area contributed by atoms with Crippen molar-refractivity contribution in [2.45, 2.75) is 6.54 Å². The molecule has 3 aromatic rings. The van der Waals surface area contributed by atoms with Crippen LogP contribution < -0.4 is 11.4 Å². The summed E-state index contributed by atoms with van der Waals surface area (Å²) in [5.74, 6) is 0.458. The third-order valence-electron chi connectivity index (χ3n) is 3.10. The van der Waals surface area contributed by atoms with Crippen molar-refractivity contribution < 1.29 is 0 Å². The van der Waals surface area contributed by atoms with Gasteiger partial charge in [0.05, 0.1) is 12.1 Å². The molecular weight excluding hydrogens is 238 g/mol. The molecule has 0 saturated carbocycles. The SMILES string of the molecule is Nc1c2ccccc2nc(=O)n1Cc1ccccc1. The molecule has 0 saturated heterocycles. The first-order valence-corrected chi connectivity index (χ1v) is 6.05. The van der Waals surface area contributed by atoms with E-state index in [9.17, 15) is 4.79 Å². The first kappa shape index (κ1) is 11.5. The zero-order valence-electron chi connectivity index (χ0n) is 10.3. The normalized spacial score (nSPS) is 10.7. The average Bonchev–Trinajstić information content (AvgIpc) is 2.45. The van der Waals surface area contributed by atoms with Crippen LogP contribution in [0.3, 0.4) is 0 Å². The van der Waals surface area contributed by atoms with Gasteiger partial charge in [0.1, 0.15) is 5.82 Å². The summed E-state index contributed by atoms with van der Waals surface area (Å²) in [7, 11) is 0. The molecule has 1 heterocycles. The summed E-state index contributed by atoms with van der Waals surface area (Å²) in [6.45, 7) is 0.434. The molecule has 0 aliphatic heterocycles. The van der Waals surface area contributed by atoms with E-state index in [4.69, 9.17) is 5.73 Å². The van der Waals surface area contributed by atoms with E-state index in [0.29, 0.717) is 17.9 Å². The lowest BCUT2D eigenvalue weighted by atomic mass is 10.2. The summed E-state index contributed by atoms with van der Waals surface area (Å²) in [5, 5.41) is 0.804. The lowest BCUT2D eigenvalue weighted by molar-refractivity contribution is 0.749. The zero-order chi connectivity index (χ0) is 13.2. The quantitative estimate of drug-likeness (QED) is 0.758. The van der Waals surface area contributed by atoms with Crippen molar-refractivity contribution in [2.75, 3.05) is 5.73 Å². The van der Waals surface area contributed by atoms with E-state index in [-0.39, 0.29) is 5.69 Å². The van der Waals surface area contributed by atoms with Gasteiger partial charge in [-0.1, -0.05) is 42.5 Å². The minimum Gasteiger partial charge on any atom is -0.384 e. The summed E-state index contributed by atoms with van der Waals surface area (Å²) in [4.78, 5) is 16.1. The molecule has 0 aliphatic carbocycles. The highest BCUT2D eigenvalue weighted by atomic mass is 16.1. The van der Waals surface area contributed by atoms with Crippen molar-refractivity contribution in [3.05, 3.63) is 70.6 Å². The van der Waals surface area contributed by atoms with E-state index in [1.54, 1.807) is 6.07 Å². The van der Waals surface area contributed by atoms with Crippen LogP contribution in [-0.4, -0.2) is 9.55 Å². The van der Waals surface area contributed by atoms with Gasteiger partial charge in [-0.3, -0.25) is 4.57 Å². The minimum atomic E-state index is -0.319. The monoisotopic (exact) mass is 251 g/mol. The second kappa shape index (κ2) is 4.57. The number of nitrogen functional groups attached to an aromatic ring is 1. The number of nitrogens with zero attached hydrogens (tertiary/aromatic N) is 2. The third-order valence-corrected chi connectivity index (χ3v) is 3.10. The van der Waals surface area contributed by atoms with Gasteiger partial charge in [-0.05, 0) is 17.7 Å². The molecule has 0 radical (unpaired) electrons. The van der Waals surface area contributed by atoms with Gasteiger partial charge in [0, 0.05) is 5.39 Å². The molecule has 0 unspecified atom stereocenters. The first-order valence-electron chi connectivity index (χ1n) is 6.05. The number of anilines is 1. The largest absolute Gasteiger partial charge is 0.384 e. The van der Waals surface area contributed by atoms with Crippen LogP contribution in [0.25, 0.3) is 10.9 Å². The molecule has 0 aliphatic rings. The number of nitrogens with two attached hydrogens (primary N) is 1. The molecule has 2 aromatic carbocycles. The van der Waals surface area contributed by atoms with Crippen molar-refractivity contribution in [1.82, 2.24) is 9.55 Å².